The summed E-state index contributed by atoms with van der Waals surface area (Å²) in [6.07, 6.45) is 1.15. The zero-order chi connectivity index (χ0) is 24.5. The minimum atomic E-state index is -4.19. The van der Waals surface area contributed by atoms with Crippen LogP contribution in [0.15, 0.2) is 83.3 Å². The molecule has 1 aliphatic heterocycles. The molecule has 0 atom stereocenters. The minimum Gasteiger partial charge on any atom is -0.508 e. The van der Waals surface area contributed by atoms with E-state index in [1.54, 1.807) is 18.2 Å². The Morgan fingerprint density at radius 2 is 1.56 bits per heavy atom. The van der Waals surface area contributed by atoms with Crippen molar-refractivity contribution < 1.29 is 32.1 Å². The van der Waals surface area contributed by atoms with Crippen LogP contribution in [0.1, 0.15) is 11.1 Å². The third kappa shape index (κ3) is 4.52. The van der Waals surface area contributed by atoms with Gasteiger partial charge >= 0.3 is 16.1 Å². The summed E-state index contributed by atoms with van der Waals surface area (Å²) in [6.45, 7) is 1.82. The standard InChI is InChI=1S/C24H18N2O7S/c1-15-6-12-19(13-7-15)34(31,32)33-21-5-3-2-4-16(21)14-20-22(28)25-24(30)26(23(20)29)17-8-10-18(27)11-9-17/h2-14,27H,1H3,(H,25,28,30)/b20-14+. The second-order valence-corrected chi connectivity index (χ2v) is 8.91. The molecule has 4 amide bonds. The maximum Gasteiger partial charge on any atom is 0.339 e. The van der Waals surface area contributed by atoms with Crippen molar-refractivity contribution in [2.24, 2.45) is 0 Å². The van der Waals surface area contributed by atoms with E-state index in [0.717, 1.165) is 16.5 Å². The van der Waals surface area contributed by atoms with Crippen molar-refractivity contribution in [1.29, 1.82) is 0 Å². The molecule has 1 fully saturated rings. The van der Waals surface area contributed by atoms with E-state index in [-0.39, 0.29) is 27.6 Å². The number of phenols is 1. The van der Waals surface area contributed by atoms with E-state index in [9.17, 15) is 27.9 Å². The molecule has 2 N–H and O–H groups in total. The van der Waals surface area contributed by atoms with Gasteiger partial charge in [-0.2, -0.15) is 8.42 Å². The number of barbiturate groups is 1. The number of aromatic hydroxyl groups is 1. The minimum absolute atomic E-state index is 0.0591. The second-order valence-electron chi connectivity index (χ2n) is 7.36. The summed E-state index contributed by atoms with van der Waals surface area (Å²) in [6, 6.07) is 16.3. The van der Waals surface area contributed by atoms with Gasteiger partial charge in [0.15, 0.2) is 0 Å². The highest BCUT2D eigenvalue weighted by Gasteiger charge is 2.37. The van der Waals surface area contributed by atoms with E-state index in [2.05, 4.69) is 5.32 Å². The summed E-state index contributed by atoms with van der Waals surface area (Å²) < 4.78 is 30.8. The number of nitrogens with one attached hydrogen (secondary N) is 1. The van der Waals surface area contributed by atoms with E-state index >= 15 is 0 Å². The maximum atomic E-state index is 13.0. The highest BCUT2D eigenvalue weighted by molar-refractivity contribution is 7.87. The molecule has 3 aromatic rings. The van der Waals surface area contributed by atoms with Crippen LogP contribution in [0.3, 0.4) is 0 Å². The molecule has 34 heavy (non-hydrogen) atoms. The molecule has 0 radical (unpaired) electrons. The third-order valence-electron chi connectivity index (χ3n) is 4.94. The van der Waals surface area contributed by atoms with Gasteiger partial charge in [0, 0.05) is 5.56 Å². The fraction of sp³-hybridized carbons (Fsp3) is 0.0417. The number of nitrogens with zero attached hydrogens (tertiary/aromatic N) is 1. The molecule has 1 saturated heterocycles. The van der Waals surface area contributed by atoms with Gasteiger partial charge in [-0.1, -0.05) is 35.9 Å². The number of para-hydroxylation sites is 1. The molecule has 0 aliphatic carbocycles. The molecule has 0 bridgehead atoms. The average Bonchev–Trinajstić information content (AvgIpc) is 2.79. The normalized spacial score (nSPS) is 15.4. The van der Waals surface area contributed by atoms with Crippen molar-refractivity contribution in [1.82, 2.24) is 5.32 Å². The van der Waals surface area contributed by atoms with Gasteiger partial charge in [0.25, 0.3) is 11.8 Å². The molecule has 1 heterocycles. The topological polar surface area (TPSA) is 130 Å². The van der Waals surface area contributed by atoms with E-state index in [0.29, 0.717) is 0 Å². The summed E-state index contributed by atoms with van der Waals surface area (Å²) in [7, 11) is -4.19. The first-order valence-corrected chi connectivity index (χ1v) is 11.4. The number of hydrogen-bond donors (Lipinski definition) is 2. The summed E-state index contributed by atoms with van der Waals surface area (Å²) in [4.78, 5) is 38.5. The Kier molecular flexibility index (Phi) is 5.91. The average molecular weight is 478 g/mol. The number of urea groups is 1. The van der Waals surface area contributed by atoms with Crippen LogP contribution in [0.2, 0.25) is 0 Å². The van der Waals surface area contributed by atoms with Crippen molar-refractivity contribution in [2.45, 2.75) is 11.8 Å². The van der Waals surface area contributed by atoms with Gasteiger partial charge in [-0.05, 0) is 55.5 Å². The Balaban J connectivity index is 1.70. The van der Waals surface area contributed by atoms with Gasteiger partial charge in [-0.15, -0.1) is 0 Å². The molecular formula is C24H18N2O7S. The first-order chi connectivity index (χ1) is 16.2. The first kappa shape index (κ1) is 22.7. The van der Waals surface area contributed by atoms with E-state index in [1.165, 1.54) is 54.6 Å². The van der Waals surface area contributed by atoms with Gasteiger partial charge in [-0.25, -0.2) is 9.69 Å². The molecule has 4 rings (SSSR count). The Morgan fingerprint density at radius 1 is 0.912 bits per heavy atom. The Hall–Kier alpha value is -4.44. The van der Waals surface area contributed by atoms with Crippen molar-refractivity contribution >= 4 is 39.7 Å². The molecule has 172 valence electrons. The molecule has 1 aliphatic rings. The molecule has 0 unspecified atom stereocenters. The zero-order valence-corrected chi connectivity index (χ0v) is 18.6. The van der Waals surface area contributed by atoms with Crippen LogP contribution in [0.25, 0.3) is 6.08 Å². The smallest absolute Gasteiger partial charge is 0.339 e. The van der Waals surface area contributed by atoms with E-state index in [4.69, 9.17) is 4.18 Å². The number of amides is 4. The van der Waals surface area contributed by atoms with Crippen molar-refractivity contribution in [3.8, 4) is 11.5 Å². The highest BCUT2D eigenvalue weighted by Crippen LogP contribution is 2.28. The fourth-order valence-electron chi connectivity index (χ4n) is 3.20. The molecule has 10 heteroatoms. The molecule has 0 spiro atoms. The lowest BCUT2D eigenvalue weighted by Gasteiger charge is -2.26. The summed E-state index contributed by atoms with van der Waals surface area (Å²) >= 11 is 0. The van der Waals surface area contributed by atoms with E-state index in [1.807, 2.05) is 6.92 Å². The van der Waals surface area contributed by atoms with Crippen molar-refractivity contribution in [3.05, 3.63) is 89.5 Å². The molecule has 3 aromatic carbocycles. The predicted molar refractivity (Wildman–Crippen MR) is 123 cm³/mol. The molecule has 9 nitrogen and oxygen atoms in total. The van der Waals surface area contributed by atoms with Gasteiger partial charge < -0.3 is 9.29 Å². The molecular weight excluding hydrogens is 460 g/mol. The number of carbonyl (C=O) groups excluding carboxylic acids is 3. The highest BCUT2D eigenvalue weighted by atomic mass is 32.2. The molecule has 0 saturated carbocycles. The summed E-state index contributed by atoms with van der Waals surface area (Å²) in [5, 5.41) is 11.5. The quantitative estimate of drug-likeness (QED) is 0.327. The van der Waals surface area contributed by atoms with Crippen molar-refractivity contribution in [3.63, 3.8) is 0 Å². The monoisotopic (exact) mass is 478 g/mol. The first-order valence-electron chi connectivity index (χ1n) is 9.96. The number of phenolic OH excluding ortho intramolecular Hbond substituents is 1. The number of anilines is 1. The van der Waals surface area contributed by atoms with Crippen molar-refractivity contribution in [2.75, 3.05) is 4.90 Å². The summed E-state index contributed by atoms with van der Waals surface area (Å²) in [5.74, 6) is -2.04. The van der Waals surface area contributed by atoms with Gasteiger partial charge in [-0.3, -0.25) is 14.9 Å². The Bertz CT molecular complexity index is 1430. The number of aryl methyl sites for hydroxylation is 1. The second kappa shape index (κ2) is 8.83. The SMILES string of the molecule is Cc1ccc(S(=O)(=O)Oc2ccccc2/C=C2\C(=O)NC(=O)N(c3ccc(O)cc3)C2=O)cc1. The van der Waals surface area contributed by atoms with Crippen LogP contribution in [-0.2, 0) is 19.7 Å². The van der Waals surface area contributed by atoms with Crippen LogP contribution >= 0.6 is 0 Å². The van der Waals surface area contributed by atoms with Gasteiger partial charge in [0.2, 0.25) is 0 Å². The van der Waals surface area contributed by atoms with Crippen LogP contribution in [0, 0.1) is 6.92 Å². The Labute approximate surface area is 195 Å². The Morgan fingerprint density at radius 3 is 2.24 bits per heavy atom. The number of carbonyl (C=O) groups is 3. The van der Waals surface area contributed by atoms with E-state index < -0.39 is 33.5 Å². The fourth-order valence-corrected chi connectivity index (χ4v) is 4.15. The van der Waals surface area contributed by atoms with Crippen LogP contribution in [-0.4, -0.2) is 31.4 Å². The third-order valence-corrected chi connectivity index (χ3v) is 6.19. The lowest BCUT2D eigenvalue weighted by atomic mass is 10.1. The number of hydrogen-bond acceptors (Lipinski definition) is 7. The van der Waals surface area contributed by atoms with Crippen LogP contribution in [0.4, 0.5) is 10.5 Å². The lowest BCUT2D eigenvalue weighted by Crippen LogP contribution is -2.54. The maximum absolute atomic E-state index is 13.0. The van der Waals surface area contributed by atoms with Gasteiger partial charge in [0.1, 0.15) is 22.0 Å². The van der Waals surface area contributed by atoms with Crippen LogP contribution in [0.5, 0.6) is 11.5 Å². The van der Waals surface area contributed by atoms with Gasteiger partial charge in [0.05, 0.1) is 5.69 Å². The number of benzene rings is 3. The predicted octanol–water partition coefficient (Wildman–Crippen LogP) is 3.13. The number of rotatable bonds is 5. The lowest BCUT2D eigenvalue weighted by molar-refractivity contribution is -0.122. The molecule has 0 aromatic heterocycles. The van der Waals surface area contributed by atoms with Crippen LogP contribution < -0.4 is 14.4 Å². The zero-order valence-electron chi connectivity index (χ0n) is 17.8. The largest absolute Gasteiger partial charge is 0.508 e. The summed E-state index contributed by atoms with van der Waals surface area (Å²) in [5.41, 5.74) is 0.733. The number of imide groups is 2.